The average Bonchev–Trinajstić information content (AvgIpc) is 2.88. The van der Waals surface area contributed by atoms with E-state index in [4.69, 9.17) is 5.73 Å². The molecule has 6 heteroatoms. The first-order valence-corrected chi connectivity index (χ1v) is 15.6. The number of hydrogen-bond acceptors (Lipinski definition) is 4. The van der Waals surface area contributed by atoms with Gasteiger partial charge in [0.1, 0.15) is 0 Å². The molecule has 0 aliphatic carbocycles. The number of nitrogens with zero attached hydrogens (tertiary/aromatic N) is 1. The van der Waals surface area contributed by atoms with Gasteiger partial charge in [-0.15, -0.1) is 0 Å². The van der Waals surface area contributed by atoms with E-state index in [9.17, 15) is 9.59 Å². The van der Waals surface area contributed by atoms with Crippen LogP contribution >= 0.6 is 0 Å². The minimum atomic E-state index is 0.116. The lowest BCUT2D eigenvalue weighted by molar-refractivity contribution is -0.131. The Morgan fingerprint density at radius 2 is 1.03 bits per heavy atom. The molecule has 0 atom stereocenters. The van der Waals surface area contributed by atoms with Crippen LogP contribution in [0.5, 0.6) is 0 Å². The van der Waals surface area contributed by atoms with Crippen LogP contribution in [0.15, 0.2) is 0 Å². The first kappa shape index (κ1) is 34.9. The molecular weight excluding hydrogens is 448 g/mol. The molecule has 6 nitrogen and oxygen atoms in total. The maximum Gasteiger partial charge on any atom is 0.222 e. The largest absolute Gasteiger partial charge is 0.354 e. The van der Waals surface area contributed by atoms with E-state index in [-0.39, 0.29) is 11.8 Å². The van der Waals surface area contributed by atoms with Crippen LogP contribution in [-0.2, 0) is 9.59 Å². The lowest BCUT2D eigenvalue weighted by atomic mass is 10.1. The van der Waals surface area contributed by atoms with Gasteiger partial charge in [-0.3, -0.25) is 9.59 Å². The van der Waals surface area contributed by atoms with Gasteiger partial charge >= 0.3 is 0 Å². The van der Waals surface area contributed by atoms with Crippen molar-refractivity contribution in [2.75, 3.05) is 39.3 Å². The Balaban J connectivity index is 3.99. The SMILES string of the molecule is CCCCCCCCCCCC(=O)NCCN(CCNCCN)C(=O)CCCCCCCCCCC. The highest BCUT2D eigenvalue weighted by molar-refractivity contribution is 5.77. The summed E-state index contributed by atoms with van der Waals surface area (Å²) in [5.74, 6) is 0.325. The van der Waals surface area contributed by atoms with Gasteiger partial charge in [0.25, 0.3) is 0 Å². The van der Waals surface area contributed by atoms with Gasteiger partial charge < -0.3 is 21.3 Å². The first-order valence-electron chi connectivity index (χ1n) is 15.6. The van der Waals surface area contributed by atoms with E-state index >= 15 is 0 Å². The van der Waals surface area contributed by atoms with Crippen LogP contribution in [0.3, 0.4) is 0 Å². The fourth-order valence-corrected chi connectivity index (χ4v) is 4.56. The van der Waals surface area contributed by atoms with Gasteiger partial charge in [0.05, 0.1) is 0 Å². The Bertz CT molecular complexity index is 488. The van der Waals surface area contributed by atoms with Crippen LogP contribution in [0.1, 0.15) is 142 Å². The molecule has 0 bridgehead atoms. The molecule has 0 aromatic carbocycles. The molecule has 0 saturated carbocycles. The molecule has 36 heavy (non-hydrogen) atoms. The summed E-state index contributed by atoms with van der Waals surface area (Å²) in [7, 11) is 0. The Morgan fingerprint density at radius 1 is 0.583 bits per heavy atom. The lowest BCUT2D eigenvalue weighted by Gasteiger charge is -2.23. The van der Waals surface area contributed by atoms with Gasteiger partial charge in [-0.2, -0.15) is 0 Å². The molecule has 214 valence electrons. The highest BCUT2D eigenvalue weighted by Crippen LogP contribution is 2.12. The van der Waals surface area contributed by atoms with Crippen molar-refractivity contribution in [3.05, 3.63) is 0 Å². The zero-order chi connectivity index (χ0) is 26.5. The summed E-state index contributed by atoms with van der Waals surface area (Å²) in [6, 6.07) is 0. The Labute approximate surface area is 224 Å². The topological polar surface area (TPSA) is 87.5 Å². The molecule has 4 N–H and O–H groups in total. The lowest BCUT2D eigenvalue weighted by Crippen LogP contribution is -2.42. The quantitative estimate of drug-likeness (QED) is 0.107. The second-order valence-electron chi connectivity index (χ2n) is 10.4. The highest BCUT2D eigenvalue weighted by Gasteiger charge is 2.13. The van der Waals surface area contributed by atoms with E-state index in [0.29, 0.717) is 39.0 Å². The van der Waals surface area contributed by atoms with Crippen molar-refractivity contribution in [1.29, 1.82) is 0 Å². The molecule has 0 rings (SSSR count). The van der Waals surface area contributed by atoms with Crippen LogP contribution in [0.2, 0.25) is 0 Å². The van der Waals surface area contributed by atoms with Gasteiger partial charge in [0.15, 0.2) is 0 Å². The summed E-state index contributed by atoms with van der Waals surface area (Å²) in [6.45, 7) is 8.40. The monoisotopic (exact) mass is 510 g/mol. The van der Waals surface area contributed by atoms with E-state index in [1.54, 1.807) is 0 Å². The standard InChI is InChI=1S/C30H62N4O2/c1-3-5-7-9-11-13-15-17-19-21-29(35)33-26-28-34(27-25-32-24-23-31)30(36)22-20-18-16-14-12-10-8-6-4-2/h32H,3-28,31H2,1-2H3,(H,33,35). The van der Waals surface area contributed by atoms with E-state index in [1.165, 1.54) is 89.9 Å². The van der Waals surface area contributed by atoms with Crippen molar-refractivity contribution in [3.63, 3.8) is 0 Å². The summed E-state index contributed by atoms with van der Waals surface area (Å²) in [5.41, 5.74) is 5.56. The van der Waals surface area contributed by atoms with Crippen molar-refractivity contribution >= 4 is 11.8 Å². The van der Waals surface area contributed by atoms with Crippen LogP contribution in [-0.4, -0.2) is 56.0 Å². The van der Waals surface area contributed by atoms with Crippen LogP contribution < -0.4 is 16.4 Å². The van der Waals surface area contributed by atoms with E-state index < -0.39 is 0 Å². The molecule has 0 aromatic rings. The zero-order valence-corrected chi connectivity index (χ0v) is 24.2. The number of rotatable bonds is 28. The number of nitrogens with two attached hydrogens (primary N) is 1. The molecule has 0 radical (unpaired) electrons. The molecule has 2 amide bonds. The fourth-order valence-electron chi connectivity index (χ4n) is 4.56. The summed E-state index contributed by atoms with van der Waals surface area (Å²) in [6.07, 6.45) is 23.8. The van der Waals surface area contributed by atoms with E-state index in [1.807, 2.05) is 4.90 Å². The second-order valence-corrected chi connectivity index (χ2v) is 10.4. The molecular formula is C30H62N4O2. The number of nitrogens with one attached hydrogen (secondary N) is 2. The third kappa shape index (κ3) is 24.5. The Kier molecular flexibility index (Phi) is 27.5. The molecule has 0 heterocycles. The van der Waals surface area contributed by atoms with E-state index in [2.05, 4.69) is 24.5 Å². The van der Waals surface area contributed by atoms with Crippen molar-refractivity contribution < 1.29 is 9.59 Å². The van der Waals surface area contributed by atoms with Gasteiger partial charge in [0, 0.05) is 52.1 Å². The molecule has 0 unspecified atom stereocenters. The molecule has 0 aromatic heterocycles. The normalized spacial score (nSPS) is 11.1. The minimum absolute atomic E-state index is 0.116. The number of carbonyl (C=O) groups excluding carboxylic acids is 2. The summed E-state index contributed by atoms with van der Waals surface area (Å²) in [4.78, 5) is 26.9. The fraction of sp³-hybridized carbons (Fsp3) is 0.933. The van der Waals surface area contributed by atoms with Gasteiger partial charge in [-0.05, 0) is 12.8 Å². The molecule has 0 fully saturated rings. The number of unbranched alkanes of at least 4 members (excludes halogenated alkanes) is 16. The van der Waals surface area contributed by atoms with Crippen molar-refractivity contribution in [2.24, 2.45) is 5.73 Å². The van der Waals surface area contributed by atoms with Gasteiger partial charge in [-0.25, -0.2) is 0 Å². The van der Waals surface area contributed by atoms with Crippen molar-refractivity contribution in [2.45, 2.75) is 142 Å². The summed E-state index contributed by atoms with van der Waals surface area (Å²) in [5, 5.41) is 6.30. The maximum absolute atomic E-state index is 12.8. The molecule has 0 aliphatic heterocycles. The summed E-state index contributed by atoms with van der Waals surface area (Å²) >= 11 is 0. The van der Waals surface area contributed by atoms with Crippen molar-refractivity contribution in [1.82, 2.24) is 15.5 Å². The third-order valence-electron chi connectivity index (χ3n) is 6.94. The molecule has 0 spiro atoms. The van der Waals surface area contributed by atoms with Gasteiger partial charge in [0.2, 0.25) is 11.8 Å². The smallest absolute Gasteiger partial charge is 0.222 e. The first-order chi connectivity index (χ1) is 17.7. The average molecular weight is 511 g/mol. The van der Waals surface area contributed by atoms with Crippen molar-refractivity contribution in [3.8, 4) is 0 Å². The van der Waals surface area contributed by atoms with Gasteiger partial charge in [-0.1, -0.05) is 117 Å². The summed E-state index contributed by atoms with van der Waals surface area (Å²) < 4.78 is 0. The predicted molar refractivity (Wildman–Crippen MR) is 155 cm³/mol. The molecule has 0 saturated heterocycles. The van der Waals surface area contributed by atoms with Crippen LogP contribution in [0.25, 0.3) is 0 Å². The number of amides is 2. The number of hydrogen-bond donors (Lipinski definition) is 3. The van der Waals surface area contributed by atoms with Crippen LogP contribution in [0.4, 0.5) is 0 Å². The number of carbonyl (C=O) groups is 2. The predicted octanol–water partition coefficient (Wildman–Crippen LogP) is 6.32. The Hall–Kier alpha value is -1.14. The highest BCUT2D eigenvalue weighted by atomic mass is 16.2. The minimum Gasteiger partial charge on any atom is -0.354 e. The molecule has 0 aliphatic rings. The third-order valence-corrected chi connectivity index (χ3v) is 6.94. The zero-order valence-electron chi connectivity index (χ0n) is 24.2. The Morgan fingerprint density at radius 3 is 1.53 bits per heavy atom. The van der Waals surface area contributed by atoms with Crippen LogP contribution in [0, 0.1) is 0 Å². The van der Waals surface area contributed by atoms with E-state index in [0.717, 1.165) is 38.8 Å². The second kappa shape index (κ2) is 28.4. The maximum atomic E-state index is 12.8.